The van der Waals surface area contributed by atoms with Crippen molar-refractivity contribution in [2.24, 2.45) is 0 Å². The number of carbonyl (C=O) groups excluding carboxylic acids is 1. The third-order valence-electron chi connectivity index (χ3n) is 8.93. The number of likely N-dealkylation sites (tertiary alicyclic amines) is 1. The van der Waals surface area contributed by atoms with E-state index in [1.54, 1.807) is 5.56 Å². The molecule has 2 aromatic rings. The van der Waals surface area contributed by atoms with E-state index in [0.717, 1.165) is 19.4 Å². The molecule has 3 heteroatoms. The molecular formula is C32H46N2O. The molecule has 0 atom stereocenters. The highest BCUT2D eigenvalue weighted by Crippen LogP contribution is 2.47. The van der Waals surface area contributed by atoms with Gasteiger partial charge in [-0.3, -0.25) is 4.79 Å². The molecule has 3 nitrogen and oxygen atoms in total. The van der Waals surface area contributed by atoms with Gasteiger partial charge in [-0.2, -0.15) is 0 Å². The Morgan fingerprint density at radius 2 is 1.26 bits per heavy atom. The minimum atomic E-state index is 0.118. The van der Waals surface area contributed by atoms with Crippen molar-refractivity contribution in [2.45, 2.75) is 95.8 Å². The van der Waals surface area contributed by atoms with Gasteiger partial charge in [0.25, 0.3) is 0 Å². The van der Waals surface area contributed by atoms with Crippen LogP contribution in [0, 0.1) is 13.8 Å². The summed E-state index contributed by atoms with van der Waals surface area (Å²) in [5.41, 5.74) is 6.23. The number of nitrogens with one attached hydrogen (secondary N) is 1. The second kappa shape index (κ2) is 11.7. The molecule has 0 bridgehead atoms. The van der Waals surface area contributed by atoms with Crippen LogP contribution in [0.4, 0.5) is 0 Å². The first kappa shape index (κ1) is 25.9. The van der Waals surface area contributed by atoms with E-state index in [-0.39, 0.29) is 11.3 Å². The maximum atomic E-state index is 11.8. The van der Waals surface area contributed by atoms with Crippen LogP contribution in [-0.2, 0) is 15.6 Å². The van der Waals surface area contributed by atoms with E-state index >= 15 is 0 Å². The SMILES string of the molecule is CCNC(=O)CC1(c2ccc(C)cc2)CCC1.Cc1ccc(C2(CCN3CCCC3)CCC2)cc1. The van der Waals surface area contributed by atoms with Gasteiger partial charge in [0.1, 0.15) is 0 Å². The third-order valence-corrected chi connectivity index (χ3v) is 8.93. The van der Waals surface area contributed by atoms with Gasteiger partial charge in [0.2, 0.25) is 5.91 Å². The molecule has 1 heterocycles. The van der Waals surface area contributed by atoms with E-state index in [4.69, 9.17) is 0 Å². The molecule has 3 fully saturated rings. The highest BCUT2D eigenvalue weighted by molar-refractivity contribution is 5.77. The summed E-state index contributed by atoms with van der Waals surface area (Å²) in [6.45, 7) is 11.0. The van der Waals surface area contributed by atoms with Gasteiger partial charge in [-0.05, 0) is 102 Å². The topological polar surface area (TPSA) is 32.3 Å². The predicted octanol–water partition coefficient (Wildman–Crippen LogP) is 6.85. The molecule has 0 spiro atoms. The van der Waals surface area contributed by atoms with Gasteiger partial charge in [-0.15, -0.1) is 0 Å². The zero-order valence-electron chi connectivity index (χ0n) is 22.4. The molecule has 3 aliphatic rings. The van der Waals surface area contributed by atoms with Gasteiger partial charge in [0, 0.05) is 18.4 Å². The standard InChI is InChI=1S/C17H25N.C15H21NO/c1-15-5-7-16(8-6-15)17(9-4-10-17)11-14-18-12-2-3-13-18;1-3-16-14(17)11-15(9-4-10-15)13-7-5-12(2)6-8-13/h5-8H,2-4,9-14H2,1H3;5-8H,3-4,9-11H2,1-2H3,(H,16,17). The summed E-state index contributed by atoms with van der Waals surface area (Å²) < 4.78 is 0. The van der Waals surface area contributed by atoms with Crippen LogP contribution in [0.2, 0.25) is 0 Å². The lowest BCUT2D eigenvalue weighted by molar-refractivity contribution is -0.123. The Morgan fingerprint density at radius 1 is 0.771 bits per heavy atom. The summed E-state index contributed by atoms with van der Waals surface area (Å²) in [5, 5.41) is 2.91. The molecule has 0 radical (unpaired) electrons. The van der Waals surface area contributed by atoms with E-state index < -0.39 is 0 Å². The Hall–Kier alpha value is -2.13. The fraction of sp³-hybridized carbons (Fsp3) is 0.594. The molecule has 190 valence electrons. The number of benzene rings is 2. The Kier molecular flexibility index (Phi) is 8.70. The summed E-state index contributed by atoms with van der Waals surface area (Å²) >= 11 is 0. The minimum Gasteiger partial charge on any atom is -0.356 e. The molecule has 2 aromatic carbocycles. The van der Waals surface area contributed by atoms with Crippen molar-refractivity contribution < 1.29 is 4.79 Å². The number of rotatable bonds is 8. The molecule has 35 heavy (non-hydrogen) atoms. The first-order valence-corrected chi connectivity index (χ1v) is 14.1. The summed E-state index contributed by atoms with van der Waals surface area (Å²) in [5.74, 6) is 0.188. The van der Waals surface area contributed by atoms with Crippen molar-refractivity contribution in [3.8, 4) is 0 Å². The second-order valence-electron chi connectivity index (χ2n) is 11.4. The van der Waals surface area contributed by atoms with Crippen LogP contribution in [0.5, 0.6) is 0 Å². The van der Waals surface area contributed by atoms with Gasteiger partial charge in [-0.1, -0.05) is 72.5 Å². The zero-order chi connectivity index (χ0) is 24.7. The van der Waals surface area contributed by atoms with E-state index in [2.05, 4.69) is 72.6 Å². The van der Waals surface area contributed by atoms with Crippen molar-refractivity contribution in [1.82, 2.24) is 10.2 Å². The Labute approximate surface area is 213 Å². The molecule has 2 saturated carbocycles. The molecule has 0 unspecified atom stereocenters. The molecule has 0 aromatic heterocycles. The number of amides is 1. The molecule has 1 aliphatic heterocycles. The van der Waals surface area contributed by atoms with Crippen molar-refractivity contribution in [2.75, 3.05) is 26.2 Å². The largest absolute Gasteiger partial charge is 0.356 e. The van der Waals surface area contributed by atoms with Crippen LogP contribution in [0.15, 0.2) is 48.5 Å². The highest BCUT2D eigenvalue weighted by atomic mass is 16.1. The van der Waals surface area contributed by atoms with Crippen LogP contribution in [0.1, 0.15) is 93.4 Å². The van der Waals surface area contributed by atoms with Gasteiger partial charge < -0.3 is 10.2 Å². The number of hydrogen-bond acceptors (Lipinski definition) is 2. The summed E-state index contributed by atoms with van der Waals surface area (Å²) in [7, 11) is 0. The van der Waals surface area contributed by atoms with Gasteiger partial charge in [-0.25, -0.2) is 0 Å². The first-order valence-electron chi connectivity index (χ1n) is 14.1. The average molecular weight is 475 g/mol. The second-order valence-corrected chi connectivity index (χ2v) is 11.4. The smallest absolute Gasteiger partial charge is 0.220 e. The molecule has 1 amide bonds. The van der Waals surface area contributed by atoms with Crippen LogP contribution < -0.4 is 5.32 Å². The highest BCUT2D eigenvalue weighted by Gasteiger charge is 2.40. The maximum absolute atomic E-state index is 11.8. The summed E-state index contributed by atoms with van der Waals surface area (Å²) in [6.07, 6.45) is 12.6. The minimum absolute atomic E-state index is 0.118. The van der Waals surface area contributed by atoms with Gasteiger partial charge in [0.05, 0.1) is 0 Å². The fourth-order valence-corrected chi connectivity index (χ4v) is 6.22. The summed E-state index contributed by atoms with van der Waals surface area (Å²) in [6, 6.07) is 18.0. The molecular weight excluding hydrogens is 428 g/mol. The predicted molar refractivity (Wildman–Crippen MR) is 147 cm³/mol. The van der Waals surface area contributed by atoms with Gasteiger partial charge >= 0.3 is 0 Å². The molecule has 2 aliphatic carbocycles. The number of aryl methyl sites for hydroxylation is 2. The van der Waals surface area contributed by atoms with Gasteiger partial charge in [0.15, 0.2) is 0 Å². The van der Waals surface area contributed by atoms with Crippen molar-refractivity contribution in [1.29, 1.82) is 0 Å². The van der Waals surface area contributed by atoms with E-state index in [0.29, 0.717) is 11.8 Å². The first-order chi connectivity index (χ1) is 16.9. The third kappa shape index (κ3) is 6.36. The van der Waals surface area contributed by atoms with E-state index in [9.17, 15) is 4.79 Å². The quantitative estimate of drug-likeness (QED) is 0.454. The zero-order valence-corrected chi connectivity index (χ0v) is 22.4. The lowest BCUT2D eigenvalue weighted by Crippen LogP contribution is -2.40. The van der Waals surface area contributed by atoms with Crippen LogP contribution in [0.3, 0.4) is 0 Å². The van der Waals surface area contributed by atoms with Crippen LogP contribution >= 0.6 is 0 Å². The van der Waals surface area contributed by atoms with Crippen molar-refractivity contribution >= 4 is 5.91 Å². The summed E-state index contributed by atoms with van der Waals surface area (Å²) in [4.78, 5) is 14.4. The maximum Gasteiger partial charge on any atom is 0.220 e. The Balaban J connectivity index is 0.000000165. The number of carbonyl (C=O) groups is 1. The average Bonchev–Trinajstić information content (AvgIpc) is 3.32. The molecule has 5 rings (SSSR count). The van der Waals surface area contributed by atoms with Crippen LogP contribution in [0.25, 0.3) is 0 Å². The normalized spacial score (nSPS) is 20.2. The molecule has 1 saturated heterocycles. The van der Waals surface area contributed by atoms with Crippen molar-refractivity contribution in [3.63, 3.8) is 0 Å². The van der Waals surface area contributed by atoms with E-state index in [1.165, 1.54) is 81.3 Å². The lowest BCUT2D eigenvalue weighted by Gasteiger charge is -2.43. The lowest BCUT2D eigenvalue weighted by atomic mass is 9.62. The number of hydrogen-bond donors (Lipinski definition) is 1. The monoisotopic (exact) mass is 474 g/mol. The Bertz CT molecular complexity index is 933. The van der Waals surface area contributed by atoms with Crippen LogP contribution in [-0.4, -0.2) is 37.0 Å². The van der Waals surface area contributed by atoms with Crippen molar-refractivity contribution in [3.05, 3.63) is 70.8 Å². The van der Waals surface area contributed by atoms with E-state index in [1.807, 2.05) is 6.92 Å². The Morgan fingerprint density at radius 3 is 1.69 bits per heavy atom. The number of nitrogens with zero attached hydrogens (tertiary/aromatic N) is 1. The molecule has 1 N–H and O–H groups in total. The fourth-order valence-electron chi connectivity index (χ4n) is 6.22.